The van der Waals surface area contributed by atoms with Crippen molar-refractivity contribution in [1.29, 1.82) is 0 Å². The molecule has 78 valence electrons. The van der Waals surface area contributed by atoms with Gasteiger partial charge in [0.2, 0.25) is 0 Å². The first-order valence-electron chi connectivity index (χ1n) is 4.16. The number of hydrogen-bond acceptors (Lipinski definition) is 2. The van der Waals surface area contributed by atoms with E-state index in [4.69, 9.17) is 11.6 Å². The number of rotatable bonds is 2. The predicted molar refractivity (Wildman–Crippen MR) is 64.8 cm³/mol. The number of hydrogen-bond donors (Lipinski definition) is 0. The highest BCUT2D eigenvalue weighted by atomic mass is 79.9. The van der Waals surface area contributed by atoms with Gasteiger partial charge in [0.1, 0.15) is 10.8 Å². The lowest BCUT2D eigenvalue weighted by Gasteiger charge is -1.98. The van der Waals surface area contributed by atoms with Crippen LogP contribution >= 0.6 is 38.9 Å². The molecule has 0 fully saturated rings. The summed E-state index contributed by atoms with van der Waals surface area (Å²) >= 11 is 10.3. The third-order valence-corrected chi connectivity index (χ3v) is 3.68. The van der Waals surface area contributed by atoms with Gasteiger partial charge >= 0.3 is 0 Å². The fourth-order valence-corrected chi connectivity index (χ4v) is 2.55. The molecular weight excluding hydrogens is 301 g/mol. The van der Waals surface area contributed by atoms with Crippen LogP contribution in [0, 0.1) is 5.82 Å². The molecule has 0 amide bonds. The Bertz CT molecular complexity index is 486. The van der Waals surface area contributed by atoms with E-state index in [1.54, 1.807) is 12.1 Å². The first-order chi connectivity index (χ1) is 7.20. The number of alkyl halides is 1. The molecule has 0 bridgehead atoms. The zero-order chi connectivity index (χ0) is 10.8. The molecule has 0 saturated heterocycles. The van der Waals surface area contributed by atoms with Crippen LogP contribution in [-0.4, -0.2) is 4.98 Å². The van der Waals surface area contributed by atoms with E-state index < -0.39 is 0 Å². The Labute approximate surface area is 104 Å². The van der Waals surface area contributed by atoms with E-state index in [1.807, 2.05) is 5.38 Å². The summed E-state index contributed by atoms with van der Waals surface area (Å²) in [6, 6.07) is 4.84. The number of nitrogens with zero attached hydrogens (tertiary/aromatic N) is 1. The van der Waals surface area contributed by atoms with Gasteiger partial charge in [0.05, 0.1) is 16.0 Å². The lowest BCUT2D eigenvalue weighted by Crippen LogP contribution is -1.82. The van der Waals surface area contributed by atoms with Gasteiger partial charge in [-0.05, 0) is 34.1 Å². The second-order valence-electron chi connectivity index (χ2n) is 2.91. The third-order valence-electron chi connectivity index (χ3n) is 1.86. The van der Waals surface area contributed by atoms with Crippen LogP contribution in [0.4, 0.5) is 4.39 Å². The molecule has 2 rings (SSSR count). The summed E-state index contributed by atoms with van der Waals surface area (Å²) in [5.41, 5.74) is 1.74. The maximum absolute atomic E-state index is 13.0. The monoisotopic (exact) mass is 305 g/mol. The first kappa shape index (κ1) is 11.0. The highest BCUT2D eigenvalue weighted by Gasteiger charge is 2.06. The normalized spacial score (nSPS) is 10.6. The lowest BCUT2D eigenvalue weighted by molar-refractivity contribution is 0.621. The van der Waals surface area contributed by atoms with Crippen molar-refractivity contribution in [2.45, 2.75) is 5.88 Å². The molecule has 1 nitrogen and oxygen atoms in total. The Morgan fingerprint density at radius 1 is 1.47 bits per heavy atom. The smallest absolute Gasteiger partial charge is 0.137 e. The molecule has 1 aromatic heterocycles. The van der Waals surface area contributed by atoms with Crippen molar-refractivity contribution in [3.8, 4) is 10.6 Å². The molecule has 0 aliphatic rings. The maximum atomic E-state index is 13.0. The molecule has 0 unspecified atom stereocenters. The molecule has 2 aromatic rings. The van der Waals surface area contributed by atoms with Gasteiger partial charge in [-0.2, -0.15) is 0 Å². The average molecular weight is 307 g/mol. The Morgan fingerprint density at radius 2 is 2.27 bits per heavy atom. The van der Waals surface area contributed by atoms with Crippen LogP contribution < -0.4 is 0 Å². The van der Waals surface area contributed by atoms with E-state index in [-0.39, 0.29) is 5.82 Å². The van der Waals surface area contributed by atoms with E-state index in [0.29, 0.717) is 10.4 Å². The van der Waals surface area contributed by atoms with Crippen LogP contribution in [0.15, 0.2) is 28.1 Å². The quantitative estimate of drug-likeness (QED) is 0.747. The number of thiazole rings is 1. The van der Waals surface area contributed by atoms with Crippen molar-refractivity contribution in [1.82, 2.24) is 4.98 Å². The predicted octanol–water partition coefficient (Wildman–Crippen LogP) is 4.45. The molecule has 0 radical (unpaired) electrons. The third kappa shape index (κ3) is 2.38. The van der Waals surface area contributed by atoms with Crippen molar-refractivity contribution in [3.63, 3.8) is 0 Å². The summed E-state index contributed by atoms with van der Waals surface area (Å²) in [7, 11) is 0. The van der Waals surface area contributed by atoms with E-state index in [1.165, 1.54) is 17.4 Å². The molecule has 15 heavy (non-hydrogen) atoms. The Balaban J connectivity index is 2.40. The largest absolute Gasteiger partial charge is 0.240 e. The maximum Gasteiger partial charge on any atom is 0.137 e. The minimum Gasteiger partial charge on any atom is -0.240 e. The van der Waals surface area contributed by atoms with Crippen molar-refractivity contribution in [2.75, 3.05) is 0 Å². The minimum atomic E-state index is -0.270. The summed E-state index contributed by atoms with van der Waals surface area (Å²) in [4.78, 5) is 4.31. The topological polar surface area (TPSA) is 12.9 Å². The summed E-state index contributed by atoms with van der Waals surface area (Å²) < 4.78 is 13.4. The number of benzene rings is 1. The van der Waals surface area contributed by atoms with Crippen LogP contribution in [0.2, 0.25) is 0 Å². The molecule has 1 heterocycles. The van der Waals surface area contributed by atoms with Crippen LogP contribution in [0.25, 0.3) is 10.6 Å². The van der Waals surface area contributed by atoms with E-state index in [9.17, 15) is 4.39 Å². The summed E-state index contributed by atoms with van der Waals surface area (Å²) in [6.45, 7) is 0. The zero-order valence-electron chi connectivity index (χ0n) is 7.51. The molecule has 0 N–H and O–H groups in total. The van der Waals surface area contributed by atoms with Crippen molar-refractivity contribution in [3.05, 3.63) is 39.6 Å². The fourth-order valence-electron chi connectivity index (χ4n) is 1.13. The minimum absolute atomic E-state index is 0.270. The standard InChI is InChI=1S/C10H6BrClFNS/c11-8-3-6(1-2-9(8)13)10-14-7(4-12)5-15-10/h1-3,5H,4H2. The average Bonchev–Trinajstić information content (AvgIpc) is 2.70. The molecule has 0 atom stereocenters. The Kier molecular flexibility index (Phi) is 3.38. The highest BCUT2D eigenvalue weighted by molar-refractivity contribution is 9.10. The molecule has 5 heteroatoms. The van der Waals surface area contributed by atoms with Crippen molar-refractivity contribution >= 4 is 38.9 Å². The Morgan fingerprint density at radius 3 is 2.87 bits per heavy atom. The van der Waals surface area contributed by atoms with Gasteiger partial charge in [0.25, 0.3) is 0 Å². The van der Waals surface area contributed by atoms with Crippen molar-refractivity contribution in [2.24, 2.45) is 0 Å². The van der Waals surface area contributed by atoms with Gasteiger partial charge in [0.15, 0.2) is 0 Å². The Hall–Kier alpha value is -0.450. The fraction of sp³-hybridized carbons (Fsp3) is 0.100. The molecule has 0 saturated carbocycles. The molecule has 0 spiro atoms. The van der Waals surface area contributed by atoms with E-state index in [2.05, 4.69) is 20.9 Å². The van der Waals surface area contributed by atoms with Crippen LogP contribution in [-0.2, 0) is 5.88 Å². The van der Waals surface area contributed by atoms with Crippen LogP contribution in [0.1, 0.15) is 5.69 Å². The summed E-state index contributed by atoms with van der Waals surface area (Å²) in [5, 5.41) is 2.76. The van der Waals surface area contributed by atoms with E-state index >= 15 is 0 Å². The lowest BCUT2D eigenvalue weighted by atomic mass is 10.2. The molecular formula is C10H6BrClFNS. The number of aromatic nitrogens is 1. The second kappa shape index (κ2) is 4.60. The SMILES string of the molecule is Fc1ccc(-c2nc(CCl)cs2)cc1Br. The molecule has 0 aliphatic carbocycles. The van der Waals surface area contributed by atoms with Gasteiger partial charge in [-0.25, -0.2) is 9.37 Å². The van der Waals surface area contributed by atoms with Crippen molar-refractivity contribution < 1.29 is 4.39 Å². The van der Waals surface area contributed by atoms with Gasteiger partial charge < -0.3 is 0 Å². The van der Waals surface area contributed by atoms with Gasteiger partial charge in [0, 0.05) is 10.9 Å². The molecule has 0 aliphatic heterocycles. The van der Waals surface area contributed by atoms with Gasteiger partial charge in [-0.15, -0.1) is 22.9 Å². The second-order valence-corrected chi connectivity index (χ2v) is 4.89. The first-order valence-corrected chi connectivity index (χ1v) is 6.37. The van der Waals surface area contributed by atoms with Crippen LogP contribution in [0.3, 0.4) is 0 Å². The van der Waals surface area contributed by atoms with E-state index in [0.717, 1.165) is 16.3 Å². The summed E-state index contributed by atoms with van der Waals surface area (Å²) in [5.74, 6) is 0.131. The highest BCUT2D eigenvalue weighted by Crippen LogP contribution is 2.28. The van der Waals surface area contributed by atoms with Crippen LogP contribution in [0.5, 0.6) is 0 Å². The number of halogens is 3. The molecule has 1 aromatic carbocycles. The zero-order valence-corrected chi connectivity index (χ0v) is 10.7. The van der Waals surface area contributed by atoms with Gasteiger partial charge in [-0.3, -0.25) is 0 Å². The summed E-state index contributed by atoms with van der Waals surface area (Å²) in [6.07, 6.45) is 0. The van der Waals surface area contributed by atoms with Gasteiger partial charge in [-0.1, -0.05) is 0 Å².